The SMILES string of the molecule is CC(=O)OCc1ccccc1NC(=O)N(CCO)CCC(C)C. The molecular formula is C17H26N2O4. The highest BCUT2D eigenvalue weighted by atomic mass is 16.5. The van der Waals surface area contributed by atoms with Gasteiger partial charge in [-0.1, -0.05) is 32.0 Å². The first kappa shape index (κ1) is 19.0. The van der Waals surface area contributed by atoms with E-state index < -0.39 is 0 Å². The third kappa shape index (κ3) is 7.15. The molecule has 0 radical (unpaired) electrons. The molecule has 0 aliphatic rings. The largest absolute Gasteiger partial charge is 0.461 e. The van der Waals surface area contributed by atoms with Gasteiger partial charge in [0.05, 0.1) is 6.61 Å². The molecule has 0 spiro atoms. The molecule has 0 saturated heterocycles. The molecule has 1 rings (SSSR count). The lowest BCUT2D eigenvalue weighted by atomic mass is 10.1. The molecule has 0 unspecified atom stereocenters. The van der Waals surface area contributed by atoms with E-state index >= 15 is 0 Å². The molecule has 2 amide bonds. The van der Waals surface area contributed by atoms with Gasteiger partial charge in [0.25, 0.3) is 0 Å². The van der Waals surface area contributed by atoms with Crippen LogP contribution in [0.1, 0.15) is 32.8 Å². The van der Waals surface area contributed by atoms with Crippen LogP contribution in [0.5, 0.6) is 0 Å². The lowest BCUT2D eigenvalue weighted by Gasteiger charge is -2.23. The van der Waals surface area contributed by atoms with Crippen molar-refractivity contribution < 1.29 is 19.4 Å². The lowest BCUT2D eigenvalue weighted by Crippen LogP contribution is -2.38. The van der Waals surface area contributed by atoms with Crippen LogP contribution >= 0.6 is 0 Å². The van der Waals surface area contributed by atoms with Crippen molar-refractivity contribution in [2.75, 3.05) is 25.0 Å². The number of carbonyl (C=O) groups is 2. The number of aliphatic hydroxyl groups excluding tert-OH is 1. The van der Waals surface area contributed by atoms with Crippen LogP contribution in [0, 0.1) is 5.92 Å². The number of urea groups is 1. The first-order chi connectivity index (χ1) is 10.9. The number of nitrogens with zero attached hydrogens (tertiary/aromatic N) is 1. The number of benzene rings is 1. The Hall–Kier alpha value is -2.08. The van der Waals surface area contributed by atoms with E-state index in [1.165, 1.54) is 6.92 Å². The standard InChI is InChI=1S/C17H26N2O4/c1-13(2)8-9-19(10-11-20)17(22)18-16-7-5-4-6-15(16)12-23-14(3)21/h4-7,13,20H,8-12H2,1-3H3,(H,18,22). The fraction of sp³-hybridized carbons (Fsp3) is 0.529. The second-order valence-corrected chi connectivity index (χ2v) is 5.76. The van der Waals surface area contributed by atoms with Crippen molar-refractivity contribution >= 4 is 17.7 Å². The van der Waals surface area contributed by atoms with Gasteiger partial charge >= 0.3 is 12.0 Å². The molecule has 23 heavy (non-hydrogen) atoms. The van der Waals surface area contributed by atoms with Crippen LogP contribution < -0.4 is 5.32 Å². The van der Waals surface area contributed by atoms with E-state index in [1.807, 2.05) is 6.07 Å². The summed E-state index contributed by atoms with van der Waals surface area (Å²) >= 11 is 0. The average Bonchev–Trinajstić information content (AvgIpc) is 2.50. The molecular weight excluding hydrogens is 296 g/mol. The molecule has 1 aromatic carbocycles. The Morgan fingerprint density at radius 1 is 1.26 bits per heavy atom. The molecule has 0 atom stereocenters. The molecule has 0 bridgehead atoms. The molecule has 0 fully saturated rings. The highest BCUT2D eigenvalue weighted by Crippen LogP contribution is 2.17. The van der Waals surface area contributed by atoms with Crippen molar-refractivity contribution in [3.63, 3.8) is 0 Å². The average molecular weight is 322 g/mol. The second-order valence-electron chi connectivity index (χ2n) is 5.76. The summed E-state index contributed by atoms with van der Waals surface area (Å²) in [5.41, 5.74) is 1.33. The van der Waals surface area contributed by atoms with E-state index in [1.54, 1.807) is 23.1 Å². The third-order valence-corrected chi connectivity index (χ3v) is 3.32. The number of ether oxygens (including phenoxy) is 1. The zero-order valence-electron chi connectivity index (χ0n) is 14.0. The Kier molecular flexibility index (Phi) is 8.11. The third-order valence-electron chi connectivity index (χ3n) is 3.32. The van der Waals surface area contributed by atoms with Gasteiger partial charge in [0.1, 0.15) is 6.61 Å². The van der Waals surface area contributed by atoms with Gasteiger partial charge < -0.3 is 20.1 Å². The van der Waals surface area contributed by atoms with Crippen molar-refractivity contribution in [2.24, 2.45) is 5.92 Å². The monoisotopic (exact) mass is 322 g/mol. The van der Waals surface area contributed by atoms with Gasteiger partial charge in [0, 0.05) is 31.3 Å². The van der Waals surface area contributed by atoms with E-state index in [-0.39, 0.29) is 31.8 Å². The molecule has 128 valence electrons. The van der Waals surface area contributed by atoms with Gasteiger partial charge in [-0.2, -0.15) is 0 Å². The van der Waals surface area contributed by atoms with E-state index in [4.69, 9.17) is 9.84 Å². The molecule has 0 aliphatic carbocycles. The Morgan fingerprint density at radius 3 is 2.57 bits per heavy atom. The van der Waals surface area contributed by atoms with Crippen LogP contribution in [0.2, 0.25) is 0 Å². The summed E-state index contributed by atoms with van der Waals surface area (Å²) in [7, 11) is 0. The van der Waals surface area contributed by atoms with Gasteiger partial charge in [-0.25, -0.2) is 4.79 Å². The smallest absolute Gasteiger partial charge is 0.321 e. The van der Waals surface area contributed by atoms with Crippen LogP contribution in [0.15, 0.2) is 24.3 Å². The Morgan fingerprint density at radius 2 is 1.96 bits per heavy atom. The minimum absolute atomic E-state index is 0.0827. The number of amides is 2. The zero-order chi connectivity index (χ0) is 17.2. The molecule has 0 aromatic heterocycles. The van der Waals surface area contributed by atoms with Crippen LogP contribution in [0.4, 0.5) is 10.5 Å². The van der Waals surface area contributed by atoms with Gasteiger partial charge in [-0.05, 0) is 18.4 Å². The number of rotatable bonds is 8. The summed E-state index contributed by atoms with van der Waals surface area (Å²) in [5, 5.41) is 12.0. The van der Waals surface area contributed by atoms with E-state index in [0.29, 0.717) is 18.2 Å². The van der Waals surface area contributed by atoms with Gasteiger partial charge in [0.15, 0.2) is 0 Å². The predicted molar refractivity (Wildman–Crippen MR) is 89.0 cm³/mol. The van der Waals surface area contributed by atoms with E-state index in [0.717, 1.165) is 12.0 Å². The molecule has 0 heterocycles. The van der Waals surface area contributed by atoms with Crippen LogP contribution in [-0.2, 0) is 16.1 Å². The fourth-order valence-electron chi connectivity index (χ4n) is 1.99. The summed E-state index contributed by atoms with van der Waals surface area (Å²) in [6.07, 6.45) is 0.864. The second kappa shape index (κ2) is 9.84. The maximum Gasteiger partial charge on any atom is 0.321 e. The summed E-state index contributed by atoms with van der Waals surface area (Å²) in [6.45, 7) is 6.40. The minimum atomic E-state index is -0.370. The lowest BCUT2D eigenvalue weighted by molar-refractivity contribution is -0.142. The number of nitrogens with one attached hydrogen (secondary N) is 1. The maximum absolute atomic E-state index is 12.4. The van der Waals surface area contributed by atoms with Crippen molar-refractivity contribution in [2.45, 2.75) is 33.8 Å². The Balaban J connectivity index is 2.75. The van der Waals surface area contributed by atoms with Crippen LogP contribution in [0.3, 0.4) is 0 Å². The Bertz CT molecular complexity index is 517. The maximum atomic E-state index is 12.4. The first-order valence-corrected chi connectivity index (χ1v) is 7.82. The number of para-hydroxylation sites is 1. The summed E-state index contributed by atoms with van der Waals surface area (Å²) in [4.78, 5) is 24.9. The van der Waals surface area contributed by atoms with Gasteiger partial charge in [-0.15, -0.1) is 0 Å². The summed E-state index contributed by atoms with van der Waals surface area (Å²) in [6, 6.07) is 6.91. The van der Waals surface area contributed by atoms with Gasteiger partial charge in [0.2, 0.25) is 0 Å². The molecule has 6 heteroatoms. The number of hydrogen-bond donors (Lipinski definition) is 2. The topological polar surface area (TPSA) is 78.9 Å². The minimum Gasteiger partial charge on any atom is -0.461 e. The summed E-state index contributed by atoms with van der Waals surface area (Å²) < 4.78 is 4.99. The van der Waals surface area contributed by atoms with Crippen LogP contribution in [0.25, 0.3) is 0 Å². The van der Waals surface area contributed by atoms with Crippen molar-refractivity contribution in [1.82, 2.24) is 4.90 Å². The normalized spacial score (nSPS) is 10.5. The van der Waals surface area contributed by atoms with Crippen molar-refractivity contribution in [1.29, 1.82) is 0 Å². The Labute approximate surface area is 137 Å². The number of hydrogen-bond acceptors (Lipinski definition) is 4. The quantitative estimate of drug-likeness (QED) is 0.721. The highest BCUT2D eigenvalue weighted by molar-refractivity contribution is 5.90. The summed E-state index contributed by atoms with van der Waals surface area (Å²) in [5.74, 6) is 0.102. The number of aliphatic hydroxyl groups is 1. The number of carbonyl (C=O) groups excluding carboxylic acids is 2. The molecule has 0 aliphatic heterocycles. The predicted octanol–water partition coefficient (Wildman–Crippen LogP) is 2.62. The first-order valence-electron chi connectivity index (χ1n) is 7.82. The highest BCUT2D eigenvalue weighted by Gasteiger charge is 2.15. The van der Waals surface area contributed by atoms with Crippen molar-refractivity contribution in [3.05, 3.63) is 29.8 Å². The molecule has 6 nitrogen and oxygen atoms in total. The number of anilines is 1. The number of esters is 1. The molecule has 1 aromatic rings. The van der Waals surface area contributed by atoms with E-state index in [9.17, 15) is 9.59 Å². The van der Waals surface area contributed by atoms with E-state index in [2.05, 4.69) is 19.2 Å². The zero-order valence-corrected chi connectivity index (χ0v) is 14.0. The van der Waals surface area contributed by atoms with Crippen LogP contribution in [-0.4, -0.2) is 41.7 Å². The van der Waals surface area contributed by atoms with Crippen molar-refractivity contribution in [3.8, 4) is 0 Å². The molecule has 0 saturated carbocycles. The van der Waals surface area contributed by atoms with Gasteiger partial charge in [-0.3, -0.25) is 4.79 Å². The molecule has 2 N–H and O–H groups in total. The fourth-order valence-corrected chi connectivity index (χ4v) is 1.99.